The van der Waals surface area contributed by atoms with E-state index < -0.39 is 6.10 Å². The fourth-order valence-electron chi connectivity index (χ4n) is 1.68. The van der Waals surface area contributed by atoms with Crippen LogP contribution in [0, 0.1) is 11.3 Å². The smallest absolute Gasteiger partial charge is 0.119 e. The first kappa shape index (κ1) is 13.1. The van der Waals surface area contributed by atoms with E-state index in [0.717, 1.165) is 5.56 Å². The number of aliphatic hydroxyl groups is 1. The minimum atomic E-state index is -0.590. The molecular formula is C14H15N3O2. The maximum absolute atomic E-state index is 9.80. The van der Waals surface area contributed by atoms with Gasteiger partial charge in [-0.3, -0.25) is 0 Å². The van der Waals surface area contributed by atoms with Crippen LogP contribution in [0.1, 0.15) is 5.56 Å². The number of benzene rings is 1. The van der Waals surface area contributed by atoms with Crippen molar-refractivity contribution >= 4 is 0 Å². The maximum atomic E-state index is 9.80. The predicted molar refractivity (Wildman–Crippen MR) is 69.5 cm³/mol. The van der Waals surface area contributed by atoms with Gasteiger partial charge < -0.3 is 14.4 Å². The van der Waals surface area contributed by atoms with Gasteiger partial charge in [-0.25, -0.2) is 4.98 Å². The van der Waals surface area contributed by atoms with Gasteiger partial charge in [-0.2, -0.15) is 5.26 Å². The SMILES string of the molecule is N#CCc1ccc(OCC(O)Cn2ccnc2)cc1. The van der Waals surface area contributed by atoms with Crippen LogP contribution in [-0.2, 0) is 13.0 Å². The fraction of sp³-hybridized carbons (Fsp3) is 0.286. The van der Waals surface area contributed by atoms with Gasteiger partial charge in [0.05, 0.1) is 25.4 Å². The number of imidazole rings is 1. The van der Waals surface area contributed by atoms with E-state index in [-0.39, 0.29) is 6.61 Å². The van der Waals surface area contributed by atoms with Crippen molar-refractivity contribution in [1.29, 1.82) is 5.26 Å². The van der Waals surface area contributed by atoms with Crippen LogP contribution in [0.5, 0.6) is 5.75 Å². The Morgan fingerprint density at radius 1 is 1.37 bits per heavy atom. The van der Waals surface area contributed by atoms with E-state index in [4.69, 9.17) is 10.00 Å². The van der Waals surface area contributed by atoms with Gasteiger partial charge in [0.25, 0.3) is 0 Å². The van der Waals surface area contributed by atoms with Crippen molar-refractivity contribution in [3.8, 4) is 11.8 Å². The molecule has 0 fully saturated rings. The number of aliphatic hydroxyl groups excluding tert-OH is 1. The lowest BCUT2D eigenvalue weighted by Crippen LogP contribution is -2.22. The van der Waals surface area contributed by atoms with Crippen LogP contribution in [0.3, 0.4) is 0 Å². The Morgan fingerprint density at radius 3 is 2.79 bits per heavy atom. The van der Waals surface area contributed by atoms with Crippen molar-refractivity contribution in [2.75, 3.05) is 6.61 Å². The average Bonchev–Trinajstić information content (AvgIpc) is 2.91. The van der Waals surface area contributed by atoms with Crippen LogP contribution in [0.4, 0.5) is 0 Å². The summed E-state index contributed by atoms with van der Waals surface area (Å²) in [6.07, 6.45) is 4.91. The number of rotatable bonds is 6. The summed E-state index contributed by atoms with van der Waals surface area (Å²) >= 11 is 0. The van der Waals surface area contributed by atoms with Crippen molar-refractivity contribution in [1.82, 2.24) is 9.55 Å². The van der Waals surface area contributed by atoms with Gasteiger partial charge in [0, 0.05) is 12.4 Å². The molecule has 5 heteroatoms. The molecule has 0 saturated heterocycles. The number of nitriles is 1. The molecule has 1 heterocycles. The molecule has 1 N–H and O–H groups in total. The third kappa shape index (κ3) is 4.12. The summed E-state index contributed by atoms with van der Waals surface area (Å²) in [5, 5.41) is 18.4. The zero-order chi connectivity index (χ0) is 13.5. The number of ether oxygens (including phenoxy) is 1. The molecule has 98 valence electrons. The summed E-state index contributed by atoms with van der Waals surface area (Å²) < 4.78 is 7.28. The minimum absolute atomic E-state index is 0.218. The molecule has 2 aromatic rings. The van der Waals surface area contributed by atoms with Crippen molar-refractivity contribution in [2.45, 2.75) is 19.1 Å². The van der Waals surface area contributed by atoms with Gasteiger partial charge in [-0.05, 0) is 17.7 Å². The molecule has 2 rings (SSSR count). The first-order chi connectivity index (χ1) is 9.28. The first-order valence-electron chi connectivity index (χ1n) is 6.00. The molecular weight excluding hydrogens is 242 g/mol. The molecule has 1 aromatic carbocycles. The summed E-state index contributed by atoms with van der Waals surface area (Å²) in [6.45, 7) is 0.669. The molecule has 1 aromatic heterocycles. The Morgan fingerprint density at radius 2 is 2.16 bits per heavy atom. The van der Waals surface area contributed by atoms with E-state index in [0.29, 0.717) is 18.7 Å². The van der Waals surface area contributed by atoms with Crippen LogP contribution in [-0.4, -0.2) is 27.4 Å². The Labute approximate surface area is 111 Å². The maximum Gasteiger partial charge on any atom is 0.119 e. The molecule has 0 amide bonds. The molecule has 1 unspecified atom stereocenters. The van der Waals surface area contributed by atoms with Gasteiger partial charge >= 0.3 is 0 Å². The Hall–Kier alpha value is -2.32. The van der Waals surface area contributed by atoms with Crippen LogP contribution >= 0.6 is 0 Å². The second-order valence-electron chi connectivity index (χ2n) is 4.20. The van der Waals surface area contributed by atoms with E-state index >= 15 is 0 Å². The second kappa shape index (κ2) is 6.57. The second-order valence-corrected chi connectivity index (χ2v) is 4.20. The zero-order valence-electron chi connectivity index (χ0n) is 10.4. The normalized spacial score (nSPS) is 11.8. The zero-order valence-corrected chi connectivity index (χ0v) is 10.4. The Balaban J connectivity index is 1.80. The highest BCUT2D eigenvalue weighted by atomic mass is 16.5. The van der Waals surface area contributed by atoms with Crippen LogP contribution in [0.25, 0.3) is 0 Å². The van der Waals surface area contributed by atoms with Gasteiger partial charge in [-0.1, -0.05) is 12.1 Å². The third-order valence-electron chi connectivity index (χ3n) is 2.63. The summed E-state index contributed by atoms with van der Waals surface area (Å²) in [5.41, 5.74) is 0.953. The molecule has 0 spiro atoms. The summed E-state index contributed by atoms with van der Waals surface area (Å²) in [5.74, 6) is 0.686. The highest BCUT2D eigenvalue weighted by molar-refractivity contribution is 5.28. The number of hydrogen-bond donors (Lipinski definition) is 1. The molecule has 0 aliphatic carbocycles. The van der Waals surface area contributed by atoms with Gasteiger partial charge in [-0.15, -0.1) is 0 Å². The lowest BCUT2D eigenvalue weighted by atomic mass is 10.2. The molecule has 0 saturated carbocycles. The number of aromatic nitrogens is 2. The number of nitrogens with zero attached hydrogens (tertiary/aromatic N) is 3. The number of hydrogen-bond acceptors (Lipinski definition) is 4. The molecule has 5 nitrogen and oxygen atoms in total. The largest absolute Gasteiger partial charge is 0.491 e. The van der Waals surface area contributed by atoms with Gasteiger partial charge in [0.15, 0.2) is 0 Å². The molecule has 0 aliphatic rings. The van der Waals surface area contributed by atoms with E-state index in [1.165, 1.54) is 0 Å². The topological polar surface area (TPSA) is 71.1 Å². The summed E-state index contributed by atoms with van der Waals surface area (Å²) in [4.78, 5) is 3.91. The third-order valence-corrected chi connectivity index (χ3v) is 2.63. The van der Waals surface area contributed by atoms with Crippen molar-refractivity contribution in [2.24, 2.45) is 0 Å². The van der Waals surface area contributed by atoms with E-state index in [1.54, 1.807) is 35.4 Å². The summed E-state index contributed by atoms with van der Waals surface area (Å²) in [6, 6.07) is 9.39. The lowest BCUT2D eigenvalue weighted by molar-refractivity contribution is 0.0924. The molecule has 0 radical (unpaired) electrons. The molecule has 0 aliphatic heterocycles. The molecule has 0 bridgehead atoms. The van der Waals surface area contributed by atoms with E-state index in [9.17, 15) is 5.11 Å². The molecule has 19 heavy (non-hydrogen) atoms. The lowest BCUT2D eigenvalue weighted by Gasteiger charge is -2.13. The standard InChI is InChI=1S/C14H15N3O2/c15-6-5-12-1-3-14(4-2-12)19-10-13(18)9-17-8-7-16-11-17/h1-4,7-8,11,13,18H,5,9-10H2. The van der Waals surface area contributed by atoms with Gasteiger partial charge in [0.1, 0.15) is 18.5 Å². The first-order valence-corrected chi connectivity index (χ1v) is 6.00. The predicted octanol–water partition coefficient (Wildman–Crippen LogP) is 1.39. The van der Waals surface area contributed by atoms with E-state index in [2.05, 4.69) is 11.1 Å². The van der Waals surface area contributed by atoms with Crippen LogP contribution in [0.2, 0.25) is 0 Å². The minimum Gasteiger partial charge on any atom is -0.491 e. The monoisotopic (exact) mass is 257 g/mol. The fourth-order valence-corrected chi connectivity index (χ4v) is 1.68. The van der Waals surface area contributed by atoms with Crippen molar-refractivity contribution in [3.05, 3.63) is 48.5 Å². The quantitative estimate of drug-likeness (QED) is 0.848. The Kier molecular flexibility index (Phi) is 4.54. The van der Waals surface area contributed by atoms with Crippen molar-refractivity contribution in [3.63, 3.8) is 0 Å². The Bertz CT molecular complexity index is 529. The van der Waals surface area contributed by atoms with Crippen LogP contribution in [0.15, 0.2) is 43.0 Å². The average molecular weight is 257 g/mol. The van der Waals surface area contributed by atoms with E-state index in [1.807, 2.05) is 12.1 Å². The summed E-state index contributed by atoms with van der Waals surface area (Å²) in [7, 11) is 0. The van der Waals surface area contributed by atoms with Crippen molar-refractivity contribution < 1.29 is 9.84 Å². The highest BCUT2D eigenvalue weighted by Gasteiger charge is 2.06. The molecule has 1 atom stereocenters. The highest BCUT2D eigenvalue weighted by Crippen LogP contribution is 2.12. The van der Waals surface area contributed by atoms with Crippen LogP contribution < -0.4 is 4.74 Å². The van der Waals surface area contributed by atoms with Gasteiger partial charge in [0.2, 0.25) is 0 Å².